The number of thiocarbonyl (C=S) groups is 1. The van der Waals surface area contributed by atoms with E-state index < -0.39 is 5.41 Å². The molecule has 4 heteroatoms. The number of anilines is 1. The number of aryl methyl sites for hydroxylation is 3. The van der Waals surface area contributed by atoms with Crippen LogP contribution in [0.3, 0.4) is 0 Å². The Balaban J connectivity index is 3.07. The zero-order valence-corrected chi connectivity index (χ0v) is 12.4. The molecule has 0 aromatic heterocycles. The van der Waals surface area contributed by atoms with E-state index >= 15 is 0 Å². The number of benzene rings is 1. The SMILES string of the molecule is Cc1cc(C)c(NC(=O)C(C)(C)C(N)=S)c(C)c1. The molecule has 0 unspecified atom stereocenters. The lowest BCUT2D eigenvalue weighted by Crippen LogP contribution is -2.41. The molecular weight excluding hydrogens is 244 g/mol. The predicted octanol–water partition coefficient (Wildman–Crippen LogP) is 2.86. The number of hydrogen-bond acceptors (Lipinski definition) is 2. The van der Waals surface area contributed by atoms with Crippen LogP contribution in [0.15, 0.2) is 12.1 Å². The van der Waals surface area contributed by atoms with Crippen molar-refractivity contribution in [1.29, 1.82) is 0 Å². The molecule has 0 atom stereocenters. The number of nitrogens with one attached hydrogen (secondary N) is 1. The van der Waals surface area contributed by atoms with E-state index in [2.05, 4.69) is 5.32 Å². The lowest BCUT2D eigenvalue weighted by Gasteiger charge is -2.23. The molecule has 3 N–H and O–H groups in total. The van der Waals surface area contributed by atoms with E-state index in [9.17, 15) is 4.79 Å². The topological polar surface area (TPSA) is 55.1 Å². The lowest BCUT2D eigenvalue weighted by molar-refractivity contribution is -0.121. The largest absolute Gasteiger partial charge is 0.392 e. The van der Waals surface area contributed by atoms with Crippen molar-refractivity contribution < 1.29 is 4.79 Å². The summed E-state index contributed by atoms with van der Waals surface area (Å²) in [5.74, 6) is -0.176. The first kappa shape index (κ1) is 14.6. The molecule has 0 aliphatic heterocycles. The third-order valence-electron chi connectivity index (χ3n) is 3.10. The molecule has 1 aromatic carbocycles. The lowest BCUT2D eigenvalue weighted by atomic mass is 9.92. The first-order chi connectivity index (χ1) is 8.16. The summed E-state index contributed by atoms with van der Waals surface area (Å²) in [4.78, 5) is 12.4. The van der Waals surface area contributed by atoms with Crippen LogP contribution in [0.4, 0.5) is 5.69 Å². The van der Waals surface area contributed by atoms with Gasteiger partial charge in [0.05, 0.1) is 10.4 Å². The minimum Gasteiger partial charge on any atom is -0.392 e. The zero-order chi connectivity index (χ0) is 14.1. The van der Waals surface area contributed by atoms with Crippen LogP contribution in [0.25, 0.3) is 0 Å². The minimum atomic E-state index is -0.848. The molecule has 18 heavy (non-hydrogen) atoms. The maximum atomic E-state index is 12.2. The Morgan fingerprint density at radius 1 is 1.22 bits per heavy atom. The highest BCUT2D eigenvalue weighted by atomic mass is 32.1. The third-order valence-corrected chi connectivity index (χ3v) is 3.61. The summed E-state index contributed by atoms with van der Waals surface area (Å²) in [6, 6.07) is 4.08. The van der Waals surface area contributed by atoms with Crippen LogP contribution in [0.5, 0.6) is 0 Å². The van der Waals surface area contributed by atoms with Crippen LogP contribution in [0.2, 0.25) is 0 Å². The molecule has 0 aliphatic carbocycles. The van der Waals surface area contributed by atoms with Gasteiger partial charge in [0.25, 0.3) is 0 Å². The minimum absolute atomic E-state index is 0.176. The van der Waals surface area contributed by atoms with Crippen LogP contribution in [0.1, 0.15) is 30.5 Å². The molecule has 0 heterocycles. The second-order valence-electron chi connectivity index (χ2n) is 5.22. The Bertz CT molecular complexity index is 484. The van der Waals surface area contributed by atoms with Crippen molar-refractivity contribution in [3.05, 3.63) is 28.8 Å². The van der Waals surface area contributed by atoms with Gasteiger partial charge in [-0.25, -0.2) is 0 Å². The van der Waals surface area contributed by atoms with Gasteiger partial charge in [-0.15, -0.1) is 0 Å². The van der Waals surface area contributed by atoms with E-state index in [1.807, 2.05) is 32.9 Å². The van der Waals surface area contributed by atoms with E-state index in [0.717, 1.165) is 16.8 Å². The summed E-state index contributed by atoms with van der Waals surface area (Å²) in [7, 11) is 0. The quantitative estimate of drug-likeness (QED) is 0.825. The van der Waals surface area contributed by atoms with Gasteiger partial charge < -0.3 is 11.1 Å². The second kappa shape index (κ2) is 5.06. The van der Waals surface area contributed by atoms with Crippen molar-refractivity contribution in [2.24, 2.45) is 11.1 Å². The summed E-state index contributed by atoms with van der Waals surface area (Å²) < 4.78 is 0. The van der Waals surface area contributed by atoms with Crippen molar-refractivity contribution in [3.63, 3.8) is 0 Å². The Hall–Kier alpha value is -1.42. The first-order valence-corrected chi connectivity index (χ1v) is 6.26. The number of rotatable bonds is 3. The van der Waals surface area contributed by atoms with E-state index in [0.29, 0.717) is 0 Å². The highest BCUT2D eigenvalue weighted by Gasteiger charge is 2.31. The van der Waals surface area contributed by atoms with E-state index in [-0.39, 0.29) is 10.9 Å². The maximum Gasteiger partial charge on any atom is 0.236 e. The Morgan fingerprint density at radius 3 is 2.06 bits per heavy atom. The predicted molar refractivity (Wildman–Crippen MR) is 79.8 cm³/mol. The van der Waals surface area contributed by atoms with Gasteiger partial charge in [0, 0.05) is 5.69 Å². The first-order valence-electron chi connectivity index (χ1n) is 5.85. The molecule has 0 saturated heterocycles. The van der Waals surface area contributed by atoms with Gasteiger partial charge in [-0.3, -0.25) is 4.79 Å². The second-order valence-corrected chi connectivity index (χ2v) is 5.66. The molecule has 1 rings (SSSR count). The van der Waals surface area contributed by atoms with Crippen LogP contribution in [-0.4, -0.2) is 10.9 Å². The summed E-state index contributed by atoms with van der Waals surface area (Å²) in [6.45, 7) is 9.43. The van der Waals surface area contributed by atoms with Crippen LogP contribution in [-0.2, 0) is 4.79 Å². The van der Waals surface area contributed by atoms with Crippen molar-refractivity contribution in [3.8, 4) is 0 Å². The third kappa shape index (κ3) is 2.88. The van der Waals surface area contributed by atoms with E-state index in [1.54, 1.807) is 13.8 Å². The molecule has 3 nitrogen and oxygen atoms in total. The molecule has 0 spiro atoms. The van der Waals surface area contributed by atoms with Gasteiger partial charge in [-0.1, -0.05) is 29.9 Å². The molecule has 0 fully saturated rings. The normalized spacial score (nSPS) is 11.2. The van der Waals surface area contributed by atoms with Crippen molar-refractivity contribution in [1.82, 2.24) is 0 Å². The zero-order valence-electron chi connectivity index (χ0n) is 11.5. The molecule has 0 aliphatic rings. The Kier molecular flexibility index (Phi) is 4.12. The van der Waals surface area contributed by atoms with E-state index in [4.69, 9.17) is 18.0 Å². The van der Waals surface area contributed by atoms with Crippen molar-refractivity contribution >= 4 is 28.8 Å². The fourth-order valence-electron chi connectivity index (χ4n) is 1.76. The monoisotopic (exact) mass is 264 g/mol. The maximum absolute atomic E-state index is 12.2. The summed E-state index contributed by atoms with van der Waals surface area (Å²) in [5.41, 5.74) is 8.85. The average molecular weight is 264 g/mol. The number of carbonyl (C=O) groups excluding carboxylic acids is 1. The fraction of sp³-hybridized carbons (Fsp3) is 0.429. The summed E-state index contributed by atoms with van der Waals surface area (Å²) in [5, 5.41) is 2.92. The molecule has 0 radical (unpaired) electrons. The van der Waals surface area contributed by atoms with Crippen molar-refractivity contribution in [2.75, 3.05) is 5.32 Å². The van der Waals surface area contributed by atoms with Gasteiger partial charge in [-0.05, 0) is 45.7 Å². The van der Waals surface area contributed by atoms with Crippen LogP contribution < -0.4 is 11.1 Å². The standard InChI is InChI=1S/C14H20N2OS/c1-8-6-9(2)11(10(3)7-8)16-13(17)14(4,5)12(15)18/h6-7H,1-5H3,(H2,15,18)(H,16,17). The number of hydrogen-bond donors (Lipinski definition) is 2. The molecular formula is C14H20N2OS. The number of nitrogens with two attached hydrogens (primary N) is 1. The van der Waals surface area contributed by atoms with Gasteiger partial charge in [0.15, 0.2) is 0 Å². The molecule has 1 amide bonds. The van der Waals surface area contributed by atoms with E-state index in [1.165, 1.54) is 5.56 Å². The summed E-state index contributed by atoms with van der Waals surface area (Å²) >= 11 is 4.93. The van der Waals surface area contributed by atoms with Gasteiger partial charge in [0.2, 0.25) is 5.91 Å². The van der Waals surface area contributed by atoms with Crippen LogP contribution in [0, 0.1) is 26.2 Å². The molecule has 98 valence electrons. The smallest absolute Gasteiger partial charge is 0.236 e. The van der Waals surface area contributed by atoms with Gasteiger partial charge in [-0.2, -0.15) is 0 Å². The average Bonchev–Trinajstić information content (AvgIpc) is 2.22. The number of carbonyl (C=O) groups is 1. The highest BCUT2D eigenvalue weighted by molar-refractivity contribution is 7.80. The Labute approximate surface area is 114 Å². The Morgan fingerprint density at radius 2 is 1.67 bits per heavy atom. The van der Waals surface area contributed by atoms with Crippen LogP contribution >= 0.6 is 12.2 Å². The van der Waals surface area contributed by atoms with Gasteiger partial charge >= 0.3 is 0 Å². The fourth-order valence-corrected chi connectivity index (χ4v) is 1.85. The molecule has 0 bridgehead atoms. The van der Waals surface area contributed by atoms with Gasteiger partial charge in [0.1, 0.15) is 0 Å². The number of amides is 1. The molecule has 1 aromatic rings. The highest BCUT2D eigenvalue weighted by Crippen LogP contribution is 2.25. The summed E-state index contributed by atoms with van der Waals surface area (Å²) in [6.07, 6.45) is 0. The molecule has 0 saturated carbocycles. The van der Waals surface area contributed by atoms with Crippen molar-refractivity contribution in [2.45, 2.75) is 34.6 Å².